The topological polar surface area (TPSA) is 103 Å². The van der Waals surface area contributed by atoms with Crippen molar-refractivity contribution >= 4 is 15.8 Å². The number of hydrogen-bond donors (Lipinski definition) is 0. The molecule has 2 aliphatic heterocycles. The minimum absolute atomic E-state index is 0.122. The average Bonchev–Trinajstić information content (AvgIpc) is 3.36. The highest BCUT2D eigenvalue weighted by molar-refractivity contribution is 7.89. The zero-order chi connectivity index (χ0) is 23.7. The summed E-state index contributed by atoms with van der Waals surface area (Å²) in [7, 11) is -0.753. The van der Waals surface area contributed by atoms with Gasteiger partial charge in [0.15, 0.2) is 17.3 Å². The molecule has 10 nitrogen and oxygen atoms in total. The van der Waals surface area contributed by atoms with Gasteiger partial charge in [0.25, 0.3) is 0 Å². The fraction of sp³-hybridized carbons (Fsp3) is 0.304. The Kier molecular flexibility index (Phi) is 5.88. The van der Waals surface area contributed by atoms with Gasteiger partial charge in [0.2, 0.25) is 16.8 Å². The number of benzene rings is 2. The minimum atomic E-state index is -3.72. The molecule has 0 saturated carbocycles. The summed E-state index contributed by atoms with van der Waals surface area (Å²) in [6, 6.07) is 14.1. The van der Waals surface area contributed by atoms with E-state index in [4.69, 9.17) is 18.9 Å². The number of piperazine rings is 1. The first kappa shape index (κ1) is 22.2. The zero-order valence-corrected chi connectivity index (χ0v) is 19.6. The maximum Gasteiger partial charge on any atom is 0.246 e. The first-order valence-electron chi connectivity index (χ1n) is 10.7. The molecule has 3 heterocycles. The van der Waals surface area contributed by atoms with Crippen molar-refractivity contribution in [2.75, 3.05) is 52.1 Å². The molecule has 1 saturated heterocycles. The molecular formula is C23H24N4O6S. The highest BCUT2D eigenvalue weighted by Crippen LogP contribution is 2.35. The van der Waals surface area contributed by atoms with Crippen LogP contribution in [0.4, 0.5) is 5.82 Å². The molecule has 0 aliphatic carbocycles. The van der Waals surface area contributed by atoms with Crippen LogP contribution in [-0.4, -0.2) is 70.1 Å². The van der Waals surface area contributed by atoms with E-state index in [9.17, 15) is 8.42 Å². The summed E-state index contributed by atoms with van der Waals surface area (Å²) in [6.45, 7) is 1.86. The Morgan fingerprint density at radius 1 is 0.853 bits per heavy atom. The summed E-state index contributed by atoms with van der Waals surface area (Å²) in [5, 5.41) is 8.72. The number of hydrogen-bond acceptors (Lipinski definition) is 9. The molecule has 5 rings (SSSR count). The molecule has 0 N–H and O–H groups in total. The standard InChI is InChI=1S/C23H24N4O6S/c1-30-17-4-7-22(21(14-17)31-2)34(28,29)27-11-9-26(10-12-27)23-8-5-18(24-25-23)16-3-6-19-20(13-16)33-15-32-19/h3-8,13-14H,9-12,15H2,1-2H3. The summed E-state index contributed by atoms with van der Waals surface area (Å²) in [5.74, 6) is 2.89. The highest BCUT2D eigenvalue weighted by Gasteiger charge is 2.31. The van der Waals surface area contributed by atoms with Crippen LogP contribution in [0.1, 0.15) is 0 Å². The Balaban J connectivity index is 1.27. The van der Waals surface area contributed by atoms with Crippen LogP contribution in [0.2, 0.25) is 0 Å². The number of nitrogens with zero attached hydrogens (tertiary/aromatic N) is 4. The van der Waals surface area contributed by atoms with Gasteiger partial charge in [-0.15, -0.1) is 10.2 Å². The Bertz CT molecular complexity index is 1290. The van der Waals surface area contributed by atoms with E-state index in [1.165, 1.54) is 24.6 Å². The third-order valence-electron chi connectivity index (χ3n) is 5.87. The maximum atomic E-state index is 13.2. The number of anilines is 1. The first-order chi connectivity index (χ1) is 16.5. The van der Waals surface area contributed by atoms with Crippen molar-refractivity contribution in [2.24, 2.45) is 0 Å². The SMILES string of the molecule is COc1ccc(S(=O)(=O)N2CCN(c3ccc(-c4ccc5c(c4)OCO5)nn3)CC2)c(OC)c1. The van der Waals surface area contributed by atoms with Gasteiger partial charge in [-0.1, -0.05) is 0 Å². The van der Waals surface area contributed by atoms with Gasteiger partial charge in [-0.05, 0) is 42.5 Å². The smallest absolute Gasteiger partial charge is 0.246 e. The summed E-state index contributed by atoms with van der Waals surface area (Å²) < 4.78 is 49.2. The van der Waals surface area contributed by atoms with Crippen molar-refractivity contribution < 1.29 is 27.4 Å². The first-order valence-corrected chi connectivity index (χ1v) is 12.1. The van der Waals surface area contributed by atoms with Crippen LogP contribution in [0.25, 0.3) is 11.3 Å². The van der Waals surface area contributed by atoms with E-state index >= 15 is 0 Å². The second-order valence-corrected chi connectivity index (χ2v) is 9.66. The van der Waals surface area contributed by atoms with Crippen molar-refractivity contribution in [3.8, 4) is 34.3 Å². The van der Waals surface area contributed by atoms with Gasteiger partial charge in [-0.25, -0.2) is 8.42 Å². The molecule has 2 aromatic carbocycles. The Morgan fingerprint density at radius 3 is 2.35 bits per heavy atom. The summed E-state index contributed by atoms with van der Waals surface area (Å²) >= 11 is 0. The minimum Gasteiger partial charge on any atom is -0.497 e. The quantitative estimate of drug-likeness (QED) is 0.522. The van der Waals surface area contributed by atoms with Crippen LogP contribution >= 0.6 is 0 Å². The number of sulfonamides is 1. The molecule has 1 fully saturated rings. The lowest BCUT2D eigenvalue weighted by Crippen LogP contribution is -2.49. The third kappa shape index (κ3) is 4.08. The van der Waals surface area contributed by atoms with Crippen molar-refractivity contribution in [1.29, 1.82) is 0 Å². The van der Waals surface area contributed by atoms with E-state index in [-0.39, 0.29) is 17.4 Å². The normalized spacial score (nSPS) is 15.9. The molecule has 34 heavy (non-hydrogen) atoms. The fourth-order valence-corrected chi connectivity index (χ4v) is 5.55. The lowest BCUT2D eigenvalue weighted by Gasteiger charge is -2.34. The lowest BCUT2D eigenvalue weighted by atomic mass is 10.1. The lowest BCUT2D eigenvalue weighted by molar-refractivity contribution is 0.174. The molecule has 11 heteroatoms. The van der Waals surface area contributed by atoms with Crippen LogP contribution in [-0.2, 0) is 10.0 Å². The number of fused-ring (bicyclic) bond motifs is 1. The van der Waals surface area contributed by atoms with Gasteiger partial charge in [-0.2, -0.15) is 4.31 Å². The van der Waals surface area contributed by atoms with E-state index in [0.717, 1.165) is 11.3 Å². The number of methoxy groups -OCH3 is 2. The molecule has 3 aromatic rings. The molecule has 0 spiro atoms. The summed E-state index contributed by atoms with van der Waals surface area (Å²) in [5.41, 5.74) is 1.60. The van der Waals surface area contributed by atoms with Crippen molar-refractivity contribution in [2.45, 2.75) is 4.90 Å². The third-order valence-corrected chi connectivity index (χ3v) is 7.81. The predicted octanol–water partition coefficient (Wildman–Crippen LogP) is 2.40. The van der Waals surface area contributed by atoms with E-state index in [1.54, 1.807) is 12.1 Å². The molecular weight excluding hydrogens is 460 g/mol. The second-order valence-electron chi connectivity index (χ2n) is 7.75. The van der Waals surface area contributed by atoms with Crippen LogP contribution in [0, 0.1) is 0 Å². The molecule has 1 aromatic heterocycles. The van der Waals surface area contributed by atoms with Gasteiger partial charge < -0.3 is 23.8 Å². The molecule has 178 valence electrons. The molecule has 2 aliphatic rings. The van der Waals surface area contributed by atoms with Crippen LogP contribution < -0.4 is 23.8 Å². The Labute approximate surface area is 197 Å². The van der Waals surface area contributed by atoms with Gasteiger partial charge in [0.05, 0.1) is 19.9 Å². The molecule has 0 radical (unpaired) electrons. The predicted molar refractivity (Wildman–Crippen MR) is 124 cm³/mol. The molecule has 0 atom stereocenters. The molecule has 0 unspecified atom stereocenters. The highest BCUT2D eigenvalue weighted by atomic mass is 32.2. The maximum absolute atomic E-state index is 13.2. The Morgan fingerprint density at radius 2 is 1.65 bits per heavy atom. The zero-order valence-electron chi connectivity index (χ0n) is 18.8. The van der Waals surface area contributed by atoms with E-state index in [1.807, 2.05) is 35.2 Å². The van der Waals surface area contributed by atoms with Crippen molar-refractivity contribution in [3.05, 3.63) is 48.5 Å². The van der Waals surface area contributed by atoms with E-state index in [2.05, 4.69) is 10.2 Å². The van der Waals surface area contributed by atoms with E-state index in [0.29, 0.717) is 49.2 Å². The van der Waals surface area contributed by atoms with Crippen molar-refractivity contribution in [1.82, 2.24) is 14.5 Å². The van der Waals surface area contributed by atoms with Gasteiger partial charge in [0.1, 0.15) is 16.4 Å². The fourth-order valence-electron chi connectivity index (χ4n) is 3.99. The van der Waals surface area contributed by atoms with Crippen LogP contribution in [0.3, 0.4) is 0 Å². The summed E-state index contributed by atoms with van der Waals surface area (Å²) in [4.78, 5) is 2.14. The van der Waals surface area contributed by atoms with Crippen LogP contribution in [0.15, 0.2) is 53.4 Å². The monoisotopic (exact) mass is 484 g/mol. The van der Waals surface area contributed by atoms with E-state index < -0.39 is 10.0 Å². The molecule has 0 bridgehead atoms. The average molecular weight is 485 g/mol. The van der Waals surface area contributed by atoms with Crippen LogP contribution in [0.5, 0.6) is 23.0 Å². The largest absolute Gasteiger partial charge is 0.497 e. The molecule has 0 amide bonds. The number of rotatable bonds is 6. The number of ether oxygens (including phenoxy) is 4. The number of aromatic nitrogens is 2. The summed E-state index contributed by atoms with van der Waals surface area (Å²) in [6.07, 6.45) is 0. The second kappa shape index (κ2) is 8.99. The van der Waals surface area contributed by atoms with Gasteiger partial charge in [0, 0.05) is 37.8 Å². The van der Waals surface area contributed by atoms with Gasteiger partial charge in [-0.3, -0.25) is 0 Å². The Hall–Kier alpha value is -3.57. The van der Waals surface area contributed by atoms with Crippen molar-refractivity contribution in [3.63, 3.8) is 0 Å². The van der Waals surface area contributed by atoms with Gasteiger partial charge >= 0.3 is 0 Å².